The van der Waals surface area contributed by atoms with Gasteiger partial charge in [-0.2, -0.15) is 0 Å². The minimum absolute atomic E-state index is 0.0521. The fraction of sp³-hybridized carbons (Fsp3) is 0.435. The van der Waals surface area contributed by atoms with Gasteiger partial charge in [0.25, 0.3) is 5.91 Å². The largest absolute Gasteiger partial charge is 0.487 e. The van der Waals surface area contributed by atoms with E-state index in [-0.39, 0.29) is 17.6 Å². The lowest BCUT2D eigenvalue weighted by atomic mass is 9.77. The van der Waals surface area contributed by atoms with Gasteiger partial charge in [-0.25, -0.2) is 0 Å². The Hall–Kier alpha value is -2.69. The third kappa shape index (κ3) is 3.19. The summed E-state index contributed by atoms with van der Waals surface area (Å²) in [6.07, 6.45) is 6.56. The first-order valence-electron chi connectivity index (χ1n) is 10.2. The molecule has 1 aliphatic carbocycles. The zero-order valence-corrected chi connectivity index (χ0v) is 15.9. The first-order chi connectivity index (χ1) is 13.7. The number of carbonyl (C=O) groups excluding carboxylic acids is 1. The molecule has 3 aliphatic rings. The molecular weight excluding hydrogens is 354 g/mol. The molecular formula is C23H25NO4. The van der Waals surface area contributed by atoms with Gasteiger partial charge in [0.15, 0.2) is 11.5 Å². The second kappa shape index (κ2) is 7.04. The first kappa shape index (κ1) is 17.4. The number of ether oxygens (including phenoxy) is 3. The minimum atomic E-state index is -0.155. The Morgan fingerprint density at radius 3 is 2.57 bits per heavy atom. The third-order valence-electron chi connectivity index (χ3n) is 6.07. The molecule has 1 spiro atoms. The summed E-state index contributed by atoms with van der Waals surface area (Å²) >= 11 is 0. The predicted octanol–water partition coefficient (Wildman–Crippen LogP) is 4.41. The van der Waals surface area contributed by atoms with Crippen molar-refractivity contribution in [1.82, 2.24) is 5.32 Å². The van der Waals surface area contributed by atoms with Crippen LogP contribution in [-0.2, 0) is 0 Å². The molecule has 0 radical (unpaired) electrons. The number of hydrogen-bond donors (Lipinski definition) is 1. The Balaban J connectivity index is 1.41. The lowest BCUT2D eigenvalue weighted by Gasteiger charge is -2.44. The normalized spacial score (nSPS) is 22.1. The number of fused-ring (bicyclic) bond motifs is 2. The van der Waals surface area contributed by atoms with E-state index in [0.29, 0.717) is 30.3 Å². The van der Waals surface area contributed by atoms with Gasteiger partial charge >= 0.3 is 0 Å². The molecule has 2 aliphatic heterocycles. The number of benzene rings is 2. The maximum Gasteiger partial charge on any atom is 0.251 e. The quantitative estimate of drug-likeness (QED) is 0.839. The van der Waals surface area contributed by atoms with Crippen molar-refractivity contribution in [2.45, 2.75) is 50.2 Å². The smallest absolute Gasteiger partial charge is 0.251 e. The fourth-order valence-electron chi connectivity index (χ4n) is 4.68. The topological polar surface area (TPSA) is 56.8 Å². The van der Waals surface area contributed by atoms with E-state index >= 15 is 0 Å². The Bertz CT molecular complexity index is 888. The third-order valence-corrected chi connectivity index (χ3v) is 6.07. The highest BCUT2D eigenvalue weighted by Crippen LogP contribution is 2.46. The molecule has 2 aromatic rings. The number of rotatable bonds is 2. The van der Waals surface area contributed by atoms with Crippen LogP contribution in [0.5, 0.6) is 17.2 Å². The number of nitrogens with one attached hydrogen (secondary N) is 1. The number of para-hydroxylation sites is 1. The highest BCUT2D eigenvalue weighted by atomic mass is 16.6. The van der Waals surface area contributed by atoms with E-state index in [1.807, 2.05) is 24.3 Å². The van der Waals surface area contributed by atoms with Crippen LogP contribution in [0.3, 0.4) is 0 Å². The summed E-state index contributed by atoms with van der Waals surface area (Å²) in [5.74, 6) is 2.14. The zero-order valence-electron chi connectivity index (χ0n) is 15.9. The van der Waals surface area contributed by atoms with E-state index in [4.69, 9.17) is 14.2 Å². The SMILES string of the molecule is O=C(N[C@H]1CC2(CCCCC2)Oc2ccccc21)c1ccc2c(c1)OCCO2. The molecule has 0 unspecified atom stereocenters. The summed E-state index contributed by atoms with van der Waals surface area (Å²) in [7, 11) is 0. The lowest BCUT2D eigenvalue weighted by Crippen LogP contribution is -2.46. The lowest BCUT2D eigenvalue weighted by molar-refractivity contribution is -0.00210. The summed E-state index contributed by atoms with van der Waals surface area (Å²) in [5.41, 5.74) is 1.49. The number of amides is 1. The van der Waals surface area contributed by atoms with Gasteiger partial charge < -0.3 is 19.5 Å². The molecule has 0 saturated heterocycles. The maximum atomic E-state index is 13.0. The summed E-state index contributed by atoms with van der Waals surface area (Å²) in [6.45, 7) is 1.05. The monoisotopic (exact) mass is 379 g/mol. The molecule has 146 valence electrons. The molecule has 1 saturated carbocycles. The second-order valence-corrected chi connectivity index (χ2v) is 7.97. The van der Waals surface area contributed by atoms with E-state index in [0.717, 1.165) is 30.6 Å². The first-order valence-corrected chi connectivity index (χ1v) is 10.2. The van der Waals surface area contributed by atoms with Crippen LogP contribution in [0.2, 0.25) is 0 Å². The van der Waals surface area contributed by atoms with Gasteiger partial charge in [-0.3, -0.25) is 4.79 Å². The summed E-state index contributed by atoms with van der Waals surface area (Å²) in [6, 6.07) is 13.4. The van der Waals surface area contributed by atoms with Crippen molar-refractivity contribution in [3.05, 3.63) is 53.6 Å². The summed E-state index contributed by atoms with van der Waals surface area (Å²) < 4.78 is 17.6. The van der Waals surface area contributed by atoms with E-state index in [9.17, 15) is 4.79 Å². The molecule has 1 atom stereocenters. The van der Waals surface area contributed by atoms with Crippen molar-refractivity contribution in [1.29, 1.82) is 0 Å². The number of carbonyl (C=O) groups is 1. The van der Waals surface area contributed by atoms with Crippen molar-refractivity contribution >= 4 is 5.91 Å². The van der Waals surface area contributed by atoms with Gasteiger partial charge in [0, 0.05) is 17.5 Å². The average Bonchev–Trinajstić information content (AvgIpc) is 2.74. The van der Waals surface area contributed by atoms with E-state index in [2.05, 4.69) is 11.4 Å². The van der Waals surface area contributed by atoms with Gasteiger partial charge in [-0.05, 0) is 49.9 Å². The van der Waals surface area contributed by atoms with Gasteiger partial charge in [0.2, 0.25) is 0 Å². The Kier molecular flexibility index (Phi) is 4.38. The molecule has 5 nitrogen and oxygen atoms in total. The van der Waals surface area contributed by atoms with E-state index in [1.54, 1.807) is 12.1 Å². The van der Waals surface area contributed by atoms with Gasteiger partial charge in [0.05, 0.1) is 6.04 Å². The second-order valence-electron chi connectivity index (χ2n) is 7.97. The minimum Gasteiger partial charge on any atom is -0.487 e. The van der Waals surface area contributed by atoms with Crippen LogP contribution >= 0.6 is 0 Å². The summed E-state index contributed by atoms with van der Waals surface area (Å²) in [5, 5.41) is 3.25. The standard InChI is InChI=1S/C23H25NO4/c25-22(16-8-9-20-21(14-16)27-13-12-26-20)24-18-15-23(10-4-1-5-11-23)28-19-7-3-2-6-17(18)19/h2-3,6-9,14,18H,1,4-5,10-13,15H2,(H,24,25)/t18-/m0/s1. The van der Waals surface area contributed by atoms with Crippen LogP contribution in [-0.4, -0.2) is 24.7 Å². The fourth-order valence-corrected chi connectivity index (χ4v) is 4.68. The van der Waals surface area contributed by atoms with Crippen LogP contribution in [0.1, 0.15) is 60.5 Å². The molecule has 1 fully saturated rings. The maximum absolute atomic E-state index is 13.0. The highest BCUT2D eigenvalue weighted by Gasteiger charge is 2.42. The van der Waals surface area contributed by atoms with Gasteiger partial charge in [0.1, 0.15) is 24.6 Å². The van der Waals surface area contributed by atoms with Crippen LogP contribution in [0, 0.1) is 0 Å². The summed E-state index contributed by atoms with van der Waals surface area (Å²) in [4.78, 5) is 13.0. The van der Waals surface area contributed by atoms with Gasteiger partial charge in [-0.1, -0.05) is 24.6 Å². The molecule has 1 N–H and O–H groups in total. The van der Waals surface area contributed by atoms with E-state index in [1.165, 1.54) is 19.3 Å². The molecule has 5 heteroatoms. The Morgan fingerprint density at radius 1 is 0.929 bits per heavy atom. The van der Waals surface area contributed by atoms with Crippen LogP contribution in [0.25, 0.3) is 0 Å². The van der Waals surface area contributed by atoms with Crippen molar-refractivity contribution in [3.8, 4) is 17.2 Å². The molecule has 28 heavy (non-hydrogen) atoms. The molecule has 0 bridgehead atoms. The average molecular weight is 379 g/mol. The van der Waals surface area contributed by atoms with E-state index < -0.39 is 0 Å². The Morgan fingerprint density at radius 2 is 1.71 bits per heavy atom. The highest BCUT2D eigenvalue weighted by molar-refractivity contribution is 5.95. The van der Waals surface area contributed by atoms with Crippen LogP contribution < -0.4 is 19.5 Å². The van der Waals surface area contributed by atoms with Crippen molar-refractivity contribution < 1.29 is 19.0 Å². The molecule has 2 heterocycles. The molecule has 5 rings (SSSR count). The van der Waals surface area contributed by atoms with Crippen molar-refractivity contribution in [2.24, 2.45) is 0 Å². The molecule has 1 amide bonds. The zero-order chi connectivity index (χ0) is 19.0. The van der Waals surface area contributed by atoms with Gasteiger partial charge in [-0.15, -0.1) is 0 Å². The Labute approximate surface area is 165 Å². The molecule has 0 aromatic heterocycles. The van der Waals surface area contributed by atoms with Crippen molar-refractivity contribution in [3.63, 3.8) is 0 Å². The van der Waals surface area contributed by atoms with Crippen molar-refractivity contribution in [2.75, 3.05) is 13.2 Å². The predicted molar refractivity (Wildman–Crippen MR) is 105 cm³/mol. The van der Waals surface area contributed by atoms with Crippen LogP contribution in [0.15, 0.2) is 42.5 Å². The molecule has 2 aromatic carbocycles. The van der Waals surface area contributed by atoms with Crippen LogP contribution in [0.4, 0.5) is 0 Å². The number of hydrogen-bond acceptors (Lipinski definition) is 4.